The topological polar surface area (TPSA) is 46.5 Å². The number of hydrogen-bond acceptors (Lipinski definition) is 3. The SMILES string of the molecule is C.CCC1=C(C)CC([C@@H](C)C2CCC3C4CC=C5C[C@@H](C)C[C@H](O)[C@]5(C)C4CC[C@@]32C)OC1=O.[2HH].[B]. The Hall–Kier alpha value is -1.03. The Morgan fingerprint density at radius 2 is 1.91 bits per heavy atom. The van der Waals surface area contributed by atoms with Crippen LogP contribution in [0.3, 0.4) is 0 Å². The Bertz CT molecular complexity index is 883. The number of fused-ring (bicyclic) bond motifs is 5. The van der Waals surface area contributed by atoms with Gasteiger partial charge in [0.1, 0.15) is 6.10 Å². The number of rotatable bonds is 3. The standard InChI is InChI=1S/C30H46O3.CH4.B.H2/c1-7-21-18(3)16-26(33-28(21)32)19(4)23-10-11-24-22-9-8-20-14-17(2)15-27(31)30(20,6)25(22)12-13-29(23,24)5;;;/h8,17,19,22-27,31H,7,9-16H2,1-6H3;1H4;;1H/t17-,19+,22?,23?,24?,25?,26?,27+,29-,30+;;;/m1.../s1/i;;;1+1. The van der Waals surface area contributed by atoms with Crippen LogP contribution in [-0.2, 0) is 9.53 Å². The molecule has 0 amide bonds. The van der Waals surface area contributed by atoms with Gasteiger partial charge in [0, 0.05) is 27.2 Å². The van der Waals surface area contributed by atoms with Crippen molar-refractivity contribution in [3.8, 4) is 0 Å². The molecule has 3 radical (unpaired) electrons. The largest absolute Gasteiger partial charge is 0.458 e. The lowest BCUT2D eigenvalue weighted by Gasteiger charge is -2.60. The number of aliphatic hydroxyl groups is 1. The number of allylic oxidation sites excluding steroid dienone is 1. The van der Waals surface area contributed by atoms with Gasteiger partial charge in [0.15, 0.2) is 0 Å². The highest BCUT2D eigenvalue weighted by atomic mass is 16.5. The molecular formula is C31H52BO3. The summed E-state index contributed by atoms with van der Waals surface area (Å²) in [5, 5.41) is 11.3. The maximum absolute atomic E-state index is 12.6. The second kappa shape index (κ2) is 10.0. The molecule has 4 aliphatic carbocycles. The Morgan fingerprint density at radius 3 is 2.57 bits per heavy atom. The average molecular weight is 485 g/mol. The molecular weight excluding hydrogens is 431 g/mol. The zero-order chi connectivity index (χ0) is 23.7. The monoisotopic (exact) mass is 484 g/mol. The summed E-state index contributed by atoms with van der Waals surface area (Å²) in [6, 6.07) is 0. The number of cyclic esters (lactones) is 1. The fourth-order valence-corrected chi connectivity index (χ4v) is 9.70. The van der Waals surface area contributed by atoms with Crippen molar-refractivity contribution < 1.29 is 16.1 Å². The summed E-state index contributed by atoms with van der Waals surface area (Å²) in [6.45, 7) is 13.8. The van der Waals surface area contributed by atoms with Gasteiger partial charge in [-0.05, 0) is 99.2 Å². The quantitative estimate of drug-likeness (QED) is 0.259. The third-order valence-corrected chi connectivity index (χ3v) is 11.6. The summed E-state index contributed by atoms with van der Waals surface area (Å²) in [4.78, 5) is 12.6. The van der Waals surface area contributed by atoms with Gasteiger partial charge < -0.3 is 9.84 Å². The molecule has 0 saturated heterocycles. The summed E-state index contributed by atoms with van der Waals surface area (Å²) < 4.78 is 6.04. The highest BCUT2D eigenvalue weighted by Crippen LogP contribution is 2.67. The van der Waals surface area contributed by atoms with Crippen molar-refractivity contribution in [2.75, 3.05) is 0 Å². The molecule has 3 nitrogen and oxygen atoms in total. The van der Waals surface area contributed by atoms with Crippen LogP contribution in [0.2, 0.25) is 0 Å². The molecule has 5 rings (SSSR count). The molecule has 35 heavy (non-hydrogen) atoms. The maximum Gasteiger partial charge on any atom is 0.334 e. The molecule has 3 saturated carbocycles. The molecule has 0 spiro atoms. The van der Waals surface area contributed by atoms with Crippen LogP contribution in [0.4, 0.5) is 0 Å². The minimum absolute atomic E-state index is 0. The number of carbonyl (C=O) groups is 1. The van der Waals surface area contributed by atoms with Gasteiger partial charge >= 0.3 is 5.97 Å². The van der Waals surface area contributed by atoms with E-state index in [9.17, 15) is 9.90 Å². The van der Waals surface area contributed by atoms with Crippen LogP contribution in [0, 0.1) is 46.3 Å². The first-order chi connectivity index (χ1) is 15.6. The van der Waals surface area contributed by atoms with Gasteiger partial charge in [0.05, 0.1) is 6.10 Å². The number of ether oxygens (including phenoxy) is 1. The molecule has 5 unspecified atom stereocenters. The van der Waals surface area contributed by atoms with Crippen LogP contribution in [0.1, 0.15) is 108 Å². The summed E-state index contributed by atoms with van der Waals surface area (Å²) in [7, 11) is 0. The van der Waals surface area contributed by atoms with Crippen molar-refractivity contribution in [2.24, 2.45) is 46.3 Å². The normalized spacial score (nSPS) is 45.6. The van der Waals surface area contributed by atoms with E-state index in [4.69, 9.17) is 4.74 Å². The molecule has 0 bridgehead atoms. The lowest BCUT2D eigenvalue weighted by molar-refractivity contribution is -0.152. The number of esters is 1. The number of hydrogen-bond donors (Lipinski definition) is 1. The molecule has 4 heteroatoms. The van der Waals surface area contributed by atoms with E-state index in [1.54, 1.807) is 5.57 Å². The van der Waals surface area contributed by atoms with Crippen LogP contribution in [0.5, 0.6) is 0 Å². The smallest absolute Gasteiger partial charge is 0.334 e. The van der Waals surface area contributed by atoms with E-state index in [0.29, 0.717) is 35.0 Å². The zero-order valence-electron chi connectivity index (χ0n) is 22.4. The average Bonchev–Trinajstić information content (AvgIpc) is 3.11. The second-order valence-corrected chi connectivity index (χ2v) is 13.0. The molecule has 0 aromatic heterocycles. The van der Waals surface area contributed by atoms with Gasteiger partial charge in [-0.2, -0.15) is 0 Å². The Balaban J connectivity index is 0.00000152. The minimum atomic E-state index is -0.190. The fraction of sp³-hybridized carbons (Fsp3) is 0.839. The molecule has 10 atom stereocenters. The molecule has 197 valence electrons. The van der Waals surface area contributed by atoms with E-state index >= 15 is 0 Å². The van der Waals surface area contributed by atoms with Crippen molar-refractivity contribution in [2.45, 2.75) is 119 Å². The van der Waals surface area contributed by atoms with Crippen LogP contribution in [0.25, 0.3) is 0 Å². The predicted octanol–water partition coefficient (Wildman–Crippen LogP) is 7.35. The van der Waals surface area contributed by atoms with Crippen LogP contribution < -0.4 is 0 Å². The summed E-state index contributed by atoms with van der Waals surface area (Å²) in [5.41, 5.74) is 4.01. The first-order valence-electron chi connectivity index (χ1n) is 13.9. The van der Waals surface area contributed by atoms with Crippen LogP contribution in [-0.4, -0.2) is 31.7 Å². The first-order valence-corrected chi connectivity index (χ1v) is 13.9. The van der Waals surface area contributed by atoms with E-state index in [0.717, 1.165) is 30.8 Å². The Labute approximate surface area is 218 Å². The molecule has 1 heterocycles. The lowest BCUT2D eigenvalue weighted by atomic mass is 9.46. The fourth-order valence-electron chi connectivity index (χ4n) is 9.70. The van der Waals surface area contributed by atoms with Crippen molar-refractivity contribution >= 4 is 14.4 Å². The Morgan fingerprint density at radius 1 is 1.20 bits per heavy atom. The highest BCUT2D eigenvalue weighted by molar-refractivity contribution is 5.90. The van der Waals surface area contributed by atoms with Crippen LogP contribution in [0.15, 0.2) is 22.8 Å². The van der Waals surface area contributed by atoms with Crippen molar-refractivity contribution in [3.05, 3.63) is 22.8 Å². The summed E-state index contributed by atoms with van der Waals surface area (Å²) in [6.07, 6.45) is 12.5. The maximum atomic E-state index is 12.6. The van der Waals surface area contributed by atoms with Crippen LogP contribution >= 0.6 is 0 Å². The van der Waals surface area contributed by atoms with E-state index < -0.39 is 0 Å². The third kappa shape index (κ3) is 4.18. The molecule has 3 fully saturated rings. The van der Waals surface area contributed by atoms with Crippen molar-refractivity contribution in [3.63, 3.8) is 0 Å². The first kappa shape index (κ1) is 28.5. The lowest BCUT2D eigenvalue weighted by Crippen LogP contribution is -2.55. The van der Waals surface area contributed by atoms with Gasteiger partial charge in [-0.15, -0.1) is 0 Å². The van der Waals surface area contributed by atoms with Gasteiger partial charge in [-0.25, -0.2) is 4.79 Å². The van der Waals surface area contributed by atoms with Crippen molar-refractivity contribution in [1.29, 1.82) is 0 Å². The van der Waals surface area contributed by atoms with Gasteiger partial charge in [0.25, 0.3) is 0 Å². The molecule has 1 aliphatic heterocycles. The zero-order valence-corrected chi connectivity index (χ0v) is 22.4. The number of aliphatic hydroxyl groups excluding tert-OH is 1. The van der Waals surface area contributed by atoms with E-state index in [1.807, 2.05) is 0 Å². The molecule has 0 aromatic carbocycles. The van der Waals surface area contributed by atoms with Gasteiger partial charge in [0.2, 0.25) is 0 Å². The minimum Gasteiger partial charge on any atom is -0.458 e. The number of carbonyl (C=O) groups excluding carboxylic acids is 1. The third-order valence-electron chi connectivity index (χ3n) is 11.6. The van der Waals surface area contributed by atoms with Gasteiger partial charge in [-0.1, -0.05) is 59.3 Å². The summed E-state index contributed by atoms with van der Waals surface area (Å²) >= 11 is 0. The second-order valence-electron chi connectivity index (χ2n) is 13.0. The van der Waals surface area contributed by atoms with Gasteiger partial charge in [-0.3, -0.25) is 0 Å². The van der Waals surface area contributed by atoms with E-state index in [-0.39, 0.29) is 40.9 Å². The predicted molar refractivity (Wildman–Crippen MR) is 147 cm³/mol. The van der Waals surface area contributed by atoms with Crippen molar-refractivity contribution in [1.82, 2.24) is 0 Å². The molecule has 1 N–H and O–H groups in total. The Kier molecular flexibility index (Phi) is 8.18. The van der Waals surface area contributed by atoms with E-state index in [2.05, 4.69) is 47.6 Å². The highest BCUT2D eigenvalue weighted by Gasteiger charge is 2.61. The summed E-state index contributed by atoms with van der Waals surface area (Å²) in [5.74, 6) is 3.60. The molecule has 0 aromatic rings. The molecule has 5 aliphatic rings. The van der Waals surface area contributed by atoms with E-state index in [1.165, 1.54) is 44.1 Å².